The number of nitrogens with zero attached hydrogens (tertiary/aromatic N) is 3. The molecule has 0 saturated heterocycles. The second-order valence-corrected chi connectivity index (χ2v) is 12.6. The van der Waals surface area contributed by atoms with Crippen molar-refractivity contribution in [3.8, 4) is 11.6 Å². The number of pyridine rings is 1. The van der Waals surface area contributed by atoms with Crippen LogP contribution in [0.2, 0.25) is 0 Å². The van der Waals surface area contributed by atoms with Crippen molar-refractivity contribution in [3.63, 3.8) is 0 Å². The summed E-state index contributed by atoms with van der Waals surface area (Å²) in [6, 6.07) is 8.83. The molecule has 1 amide bonds. The Morgan fingerprint density at radius 2 is 1.71 bits per heavy atom. The lowest BCUT2D eigenvalue weighted by atomic mass is 9.82. The first-order chi connectivity index (χ1) is 20.8. The van der Waals surface area contributed by atoms with E-state index in [-0.39, 0.29) is 19.3 Å². The lowest BCUT2D eigenvalue weighted by Crippen LogP contribution is -2.45. The molecule has 0 radical (unpaired) electrons. The summed E-state index contributed by atoms with van der Waals surface area (Å²) in [5, 5.41) is 9.67. The summed E-state index contributed by atoms with van der Waals surface area (Å²) in [6.07, 6.45) is -8.60. The van der Waals surface area contributed by atoms with E-state index in [0.29, 0.717) is 11.6 Å². The first-order valence-electron chi connectivity index (χ1n) is 14.1. The second-order valence-electron chi connectivity index (χ2n) is 12.6. The van der Waals surface area contributed by atoms with Crippen molar-refractivity contribution in [2.24, 2.45) is 5.41 Å². The van der Waals surface area contributed by atoms with Crippen LogP contribution in [0.25, 0.3) is 11.6 Å². The molecule has 0 aliphatic carbocycles. The number of anilines is 1. The number of carbonyl (C=O) groups excluding carboxylic acids is 1. The summed E-state index contributed by atoms with van der Waals surface area (Å²) < 4.78 is 104. The molecular weight excluding hydrogens is 606 g/mol. The monoisotopic (exact) mass is 640 g/mol. The molecule has 14 heteroatoms. The topological polar surface area (TPSA) is 99.4 Å². The van der Waals surface area contributed by atoms with Crippen molar-refractivity contribution in [3.05, 3.63) is 71.3 Å². The minimum atomic E-state index is -5.05. The third kappa shape index (κ3) is 8.21. The predicted octanol–water partition coefficient (Wildman–Crippen LogP) is 8.78. The molecule has 0 unspecified atom stereocenters. The second kappa shape index (κ2) is 12.5. The molecule has 1 aliphatic rings. The Kier molecular flexibility index (Phi) is 9.39. The molecule has 8 nitrogen and oxygen atoms in total. The number of hydrogen-bond acceptors (Lipinski definition) is 7. The molecule has 1 aromatic carbocycles. The fraction of sp³-hybridized carbons (Fsp3) is 0.484. The average molecular weight is 641 g/mol. The zero-order valence-electron chi connectivity index (χ0n) is 25.4. The van der Waals surface area contributed by atoms with Crippen LogP contribution in [0.15, 0.2) is 53.0 Å². The zero-order valence-corrected chi connectivity index (χ0v) is 25.4. The van der Waals surface area contributed by atoms with E-state index in [1.54, 1.807) is 71.0 Å². The molecule has 1 aliphatic heterocycles. The molecule has 3 aromatic rings. The van der Waals surface area contributed by atoms with Crippen LogP contribution < -0.4 is 5.32 Å². The summed E-state index contributed by atoms with van der Waals surface area (Å²) in [5.41, 5.74) is -6.98. The number of ether oxygens (including phenoxy) is 2. The van der Waals surface area contributed by atoms with Gasteiger partial charge in [-0.1, -0.05) is 56.3 Å². The van der Waals surface area contributed by atoms with Gasteiger partial charge in [-0.25, -0.2) is 9.78 Å². The quantitative estimate of drug-likeness (QED) is 0.225. The molecule has 45 heavy (non-hydrogen) atoms. The fourth-order valence-corrected chi connectivity index (χ4v) is 4.78. The van der Waals surface area contributed by atoms with Gasteiger partial charge in [-0.3, -0.25) is 5.32 Å². The number of benzene rings is 1. The van der Waals surface area contributed by atoms with Crippen molar-refractivity contribution < 1.29 is 45.0 Å². The van der Waals surface area contributed by atoms with E-state index in [0.717, 1.165) is 0 Å². The van der Waals surface area contributed by atoms with Crippen molar-refractivity contribution in [2.75, 3.05) is 5.32 Å². The average Bonchev–Trinajstić information content (AvgIpc) is 3.38. The maximum absolute atomic E-state index is 15.0. The number of alkyl halides is 6. The van der Waals surface area contributed by atoms with Gasteiger partial charge >= 0.3 is 18.4 Å². The van der Waals surface area contributed by atoms with E-state index in [2.05, 4.69) is 20.5 Å². The molecular formula is C31H34F6N4O4. The van der Waals surface area contributed by atoms with Gasteiger partial charge in [0.05, 0.1) is 23.6 Å². The highest BCUT2D eigenvalue weighted by Crippen LogP contribution is 2.47. The molecule has 1 atom stereocenters. The van der Waals surface area contributed by atoms with Crippen molar-refractivity contribution in [1.29, 1.82) is 0 Å². The molecule has 244 valence electrons. The lowest BCUT2D eigenvalue weighted by Gasteiger charge is -2.32. The number of fused-ring (bicyclic) bond motifs is 5. The van der Waals surface area contributed by atoms with Crippen LogP contribution >= 0.6 is 0 Å². The van der Waals surface area contributed by atoms with Crippen molar-refractivity contribution in [2.45, 2.75) is 90.5 Å². The van der Waals surface area contributed by atoms with Crippen LogP contribution in [0.5, 0.6) is 0 Å². The minimum Gasteiger partial charge on any atom is -0.444 e. The predicted molar refractivity (Wildman–Crippen MR) is 152 cm³/mol. The maximum atomic E-state index is 15.0. The third-order valence-electron chi connectivity index (χ3n) is 6.95. The van der Waals surface area contributed by atoms with Crippen LogP contribution in [0.4, 0.5) is 36.8 Å². The molecule has 0 fully saturated rings. The summed E-state index contributed by atoms with van der Waals surface area (Å²) in [4.78, 5) is 16.8. The summed E-state index contributed by atoms with van der Waals surface area (Å²) >= 11 is 0. The van der Waals surface area contributed by atoms with Gasteiger partial charge < -0.3 is 13.9 Å². The molecule has 2 aromatic heterocycles. The van der Waals surface area contributed by atoms with Gasteiger partial charge in [0.1, 0.15) is 5.60 Å². The largest absolute Gasteiger partial charge is 0.444 e. The van der Waals surface area contributed by atoms with Gasteiger partial charge in [0, 0.05) is 0 Å². The van der Waals surface area contributed by atoms with Crippen LogP contribution in [-0.4, -0.2) is 33.1 Å². The number of aromatic nitrogens is 3. The Morgan fingerprint density at radius 1 is 1.02 bits per heavy atom. The van der Waals surface area contributed by atoms with Crippen LogP contribution in [0, 0.1) is 5.41 Å². The van der Waals surface area contributed by atoms with Crippen LogP contribution in [0.1, 0.15) is 76.6 Å². The fourth-order valence-electron chi connectivity index (χ4n) is 4.78. The molecule has 4 bridgehead atoms. The molecule has 0 saturated carbocycles. The van der Waals surface area contributed by atoms with Crippen molar-refractivity contribution in [1.82, 2.24) is 15.2 Å². The van der Waals surface area contributed by atoms with E-state index >= 15 is 0 Å². The van der Waals surface area contributed by atoms with Crippen LogP contribution in [-0.2, 0) is 34.3 Å². The van der Waals surface area contributed by atoms with E-state index < -0.39 is 82.5 Å². The number of allylic oxidation sites excluding steroid dienone is 2. The van der Waals surface area contributed by atoms with E-state index in [1.807, 2.05) is 0 Å². The molecule has 0 spiro atoms. The number of hydrogen-bond donors (Lipinski definition) is 1. The minimum absolute atomic E-state index is 0.120. The van der Waals surface area contributed by atoms with Gasteiger partial charge in [-0.05, 0) is 63.5 Å². The van der Waals surface area contributed by atoms with Gasteiger partial charge in [-0.2, -0.15) is 26.3 Å². The summed E-state index contributed by atoms with van der Waals surface area (Å²) in [7, 11) is 0. The van der Waals surface area contributed by atoms with E-state index in [4.69, 9.17) is 13.9 Å². The van der Waals surface area contributed by atoms with Gasteiger partial charge in [0.2, 0.25) is 5.60 Å². The van der Waals surface area contributed by atoms with E-state index in [9.17, 15) is 31.1 Å². The first-order valence-corrected chi connectivity index (χ1v) is 14.1. The first kappa shape index (κ1) is 33.9. The normalized spacial score (nSPS) is 19.1. The molecule has 1 N–H and O–H groups in total. The third-order valence-corrected chi connectivity index (χ3v) is 6.95. The maximum Gasteiger partial charge on any atom is 0.426 e. The Bertz CT molecular complexity index is 1530. The van der Waals surface area contributed by atoms with Crippen molar-refractivity contribution >= 4 is 11.8 Å². The Morgan fingerprint density at radius 3 is 2.33 bits per heavy atom. The summed E-state index contributed by atoms with van der Waals surface area (Å²) in [6.45, 7) is 7.62. The smallest absolute Gasteiger partial charge is 0.426 e. The number of halogens is 6. The lowest BCUT2D eigenvalue weighted by molar-refractivity contribution is -0.299. The highest BCUT2D eigenvalue weighted by atomic mass is 19.4. The zero-order chi connectivity index (χ0) is 33.3. The molecule has 4 rings (SSSR count). The van der Waals surface area contributed by atoms with Crippen LogP contribution in [0.3, 0.4) is 0 Å². The molecule has 3 heterocycles. The summed E-state index contributed by atoms with van der Waals surface area (Å²) in [5.74, 6) is -1.61. The highest BCUT2D eigenvalue weighted by molar-refractivity contribution is 5.89. The van der Waals surface area contributed by atoms with Gasteiger partial charge in [0.15, 0.2) is 5.69 Å². The number of rotatable bonds is 4. The number of carbonyl (C=O) groups is 1. The van der Waals surface area contributed by atoms with E-state index in [1.165, 1.54) is 6.08 Å². The van der Waals surface area contributed by atoms with Gasteiger partial charge in [0.25, 0.3) is 11.8 Å². The highest BCUT2D eigenvalue weighted by Gasteiger charge is 2.61. The Balaban J connectivity index is 1.93. The Labute approximate surface area is 256 Å². The Hall–Kier alpha value is -3.94. The SMILES string of the molecule is CC1(C)CC=CCC[C@](OCc2ccccc2)(C(F)(F)F)c2nnc(o2)-c2nc(c(C(F)(F)F)cc2NC(=O)OC(C)(C)C)C1. The standard InChI is InChI=1S/C31H34F6N4O4/c1-27(2,3)45-26(42)39-21-16-20(30(32,33)34)22-17-28(4,5)14-10-7-11-15-29(31(35,36)37,43-18-19-12-8-6-9-13-19)25-41-40-24(44-25)23(21)38-22/h6-10,12-13,16H,11,14-15,17-18H2,1-5H3,(H,39,42)/t29-/m1/s1. The van der Waals surface area contributed by atoms with Gasteiger partial charge in [-0.15, -0.1) is 10.2 Å². The number of nitrogens with one attached hydrogen (secondary N) is 1. The number of amides is 1.